The zero-order valence-electron chi connectivity index (χ0n) is 8.72. The van der Waals surface area contributed by atoms with E-state index in [0.717, 1.165) is 26.1 Å². The number of rotatable bonds is 7. The number of nitrogens with one attached hydrogen (secondary N) is 1. The Morgan fingerprint density at radius 2 is 1.42 bits per heavy atom. The van der Waals surface area contributed by atoms with E-state index in [9.17, 15) is 0 Å². The largest absolute Gasteiger partial charge is 0.306 e. The van der Waals surface area contributed by atoms with Crippen LogP contribution in [-0.4, -0.2) is 33.7 Å². The van der Waals surface area contributed by atoms with Gasteiger partial charge in [0, 0.05) is 0 Å². The molecule has 0 saturated carbocycles. The average molecular weight is 176 g/mol. The molecule has 0 rings (SSSR count). The number of hydrogen-bond donors (Lipinski definition) is 1. The van der Waals surface area contributed by atoms with Crippen molar-refractivity contribution in [2.45, 2.75) is 33.1 Å². The summed E-state index contributed by atoms with van der Waals surface area (Å²) in [5.74, 6) is 0. The minimum absolute atomic E-state index is 0.0927. The molecule has 0 unspecified atom stereocenters. The Kier molecular flexibility index (Phi) is 7.45. The Balaban J connectivity index is 3.55. The minimum atomic E-state index is -0.0927. The fourth-order valence-electron chi connectivity index (χ4n) is 0.831. The highest BCUT2D eigenvalue weighted by atomic mass is 16.7. The van der Waals surface area contributed by atoms with E-state index < -0.39 is 0 Å². The molecule has 74 valence electrons. The molecule has 0 aromatic carbocycles. The van der Waals surface area contributed by atoms with E-state index in [2.05, 4.69) is 13.8 Å². The minimum Gasteiger partial charge on any atom is -0.306 e. The van der Waals surface area contributed by atoms with E-state index >= 15 is 0 Å². The van der Waals surface area contributed by atoms with E-state index in [-0.39, 0.29) is 6.41 Å². The Labute approximate surface area is 75.6 Å². The highest BCUT2D eigenvalue weighted by Crippen LogP contribution is 1.89. The summed E-state index contributed by atoms with van der Waals surface area (Å²) in [5, 5.41) is 0. The molecule has 0 aliphatic carbocycles. The number of hydrogen-bond acceptors (Lipinski definition) is 2. The zero-order valence-corrected chi connectivity index (χ0v) is 8.72. The van der Waals surface area contributed by atoms with Crippen molar-refractivity contribution in [1.82, 2.24) is 0 Å². The van der Waals surface area contributed by atoms with Crippen LogP contribution >= 0.6 is 0 Å². The molecule has 0 atom stereocenters. The van der Waals surface area contributed by atoms with Crippen molar-refractivity contribution in [3.8, 4) is 0 Å². The lowest BCUT2D eigenvalue weighted by Gasteiger charge is -2.20. The van der Waals surface area contributed by atoms with E-state index in [0.29, 0.717) is 0 Å². The summed E-state index contributed by atoms with van der Waals surface area (Å²) < 4.78 is 11.0. The lowest BCUT2D eigenvalue weighted by molar-refractivity contribution is -0.939. The molecule has 0 spiro atoms. The Hall–Kier alpha value is -0.120. The van der Waals surface area contributed by atoms with Gasteiger partial charge in [-0.3, -0.25) is 4.90 Å². The predicted molar refractivity (Wildman–Crippen MR) is 49.1 cm³/mol. The zero-order chi connectivity index (χ0) is 9.40. The maximum atomic E-state index is 5.50. The molecule has 1 N–H and O–H groups in total. The van der Waals surface area contributed by atoms with Gasteiger partial charge in [-0.2, -0.15) is 0 Å². The monoisotopic (exact) mass is 176 g/mol. The van der Waals surface area contributed by atoms with Crippen molar-refractivity contribution in [2.75, 3.05) is 27.3 Å². The summed E-state index contributed by atoms with van der Waals surface area (Å²) in [6, 6.07) is 0. The van der Waals surface area contributed by atoms with Crippen LogP contribution in [0.2, 0.25) is 0 Å². The summed E-state index contributed by atoms with van der Waals surface area (Å²) in [5.41, 5.74) is 0. The quantitative estimate of drug-likeness (QED) is 0.563. The van der Waals surface area contributed by atoms with Crippen LogP contribution in [0.3, 0.4) is 0 Å². The van der Waals surface area contributed by atoms with E-state index in [1.54, 1.807) is 0 Å². The van der Waals surface area contributed by atoms with Crippen LogP contribution in [0.15, 0.2) is 0 Å². The molecular formula is C9H22NO2+. The molecule has 3 heteroatoms. The van der Waals surface area contributed by atoms with Gasteiger partial charge in [0.05, 0.1) is 27.3 Å². The van der Waals surface area contributed by atoms with Crippen molar-refractivity contribution in [3.05, 3.63) is 0 Å². The van der Waals surface area contributed by atoms with Gasteiger partial charge in [-0.15, -0.1) is 0 Å². The third-order valence-electron chi connectivity index (χ3n) is 1.42. The van der Waals surface area contributed by atoms with Gasteiger partial charge in [0.15, 0.2) is 0 Å². The van der Waals surface area contributed by atoms with Gasteiger partial charge in [-0.05, 0) is 12.8 Å². The van der Waals surface area contributed by atoms with Crippen LogP contribution in [0.4, 0.5) is 0 Å². The van der Waals surface area contributed by atoms with Crippen LogP contribution in [0.25, 0.3) is 0 Å². The van der Waals surface area contributed by atoms with E-state index in [1.165, 1.54) is 4.90 Å². The lowest BCUT2D eigenvalue weighted by Crippen LogP contribution is -3.10. The second-order valence-corrected chi connectivity index (χ2v) is 3.15. The van der Waals surface area contributed by atoms with Crippen LogP contribution in [0.1, 0.15) is 26.7 Å². The van der Waals surface area contributed by atoms with Gasteiger partial charge >= 0.3 is 6.41 Å². The first-order valence-corrected chi connectivity index (χ1v) is 4.75. The van der Waals surface area contributed by atoms with Gasteiger partial charge in [0.1, 0.15) is 0 Å². The molecule has 0 radical (unpaired) electrons. The summed E-state index contributed by atoms with van der Waals surface area (Å²) in [6.07, 6.45) is 1.99. The first-order valence-electron chi connectivity index (χ1n) is 4.75. The smallest absolute Gasteiger partial charge is 0.306 e. The predicted octanol–water partition coefficient (Wildman–Crippen LogP) is 0.268. The molecule has 0 amide bonds. The average Bonchev–Trinajstić information content (AvgIpc) is 2.04. The second kappa shape index (κ2) is 7.53. The van der Waals surface area contributed by atoms with E-state index in [4.69, 9.17) is 9.47 Å². The van der Waals surface area contributed by atoms with Crippen LogP contribution in [-0.2, 0) is 9.47 Å². The molecule has 3 nitrogen and oxygen atoms in total. The molecule has 0 bridgehead atoms. The normalized spacial score (nSPS) is 11.5. The van der Waals surface area contributed by atoms with Crippen molar-refractivity contribution in [2.24, 2.45) is 0 Å². The van der Waals surface area contributed by atoms with Gasteiger partial charge < -0.3 is 9.47 Å². The van der Waals surface area contributed by atoms with Crippen molar-refractivity contribution >= 4 is 0 Å². The van der Waals surface area contributed by atoms with Crippen LogP contribution < -0.4 is 4.90 Å². The summed E-state index contributed by atoms with van der Waals surface area (Å²) in [7, 11) is 4.08. The van der Waals surface area contributed by atoms with Crippen molar-refractivity contribution < 1.29 is 14.4 Å². The number of quaternary nitrogens is 1. The van der Waals surface area contributed by atoms with Gasteiger partial charge in [-0.25, -0.2) is 0 Å². The van der Waals surface area contributed by atoms with Crippen molar-refractivity contribution in [1.29, 1.82) is 0 Å². The highest BCUT2D eigenvalue weighted by Gasteiger charge is 2.14. The molecular weight excluding hydrogens is 154 g/mol. The standard InChI is InChI=1S/C9H21NO2/c1-5-7-11-9(10(3)4)12-8-6-2/h9H,5-8H2,1-4H3/p+1. The maximum Gasteiger partial charge on any atom is 0.306 e. The van der Waals surface area contributed by atoms with Crippen molar-refractivity contribution in [3.63, 3.8) is 0 Å². The molecule has 0 aromatic heterocycles. The molecule has 12 heavy (non-hydrogen) atoms. The fraction of sp³-hybridized carbons (Fsp3) is 1.00. The third kappa shape index (κ3) is 5.52. The van der Waals surface area contributed by atoms with Crippen LogP contribution in [0.5, 0.6) is 0 Å². The number of ether oxygens (including phenoxy) is 2. The Morgan fingerprint density at radius 3 is 1.67 bits per heavy atom. The van der Waals surface area contributed by atoms with Gasteiger partial charge in [-0.1, -0.05) is 13.8 Å². The van der Waals surface area contributed by atoms with Gasteiger partial charge in [0.25, 0.3) is 0 Å². The SMILES string of the molecule is CCCOC(OCCC)[NH+](C)C. The third-order valence-corrected chi connectivity index (χ3v) is 1.42. The molecule has 0 saturated heterocycles. The molecule has 0 heterocycles. The fourth-order valence-corrected chi connectivity index (χ4v) is 0.831. The molecule has 0 aromatic rings. The highest BCUT2D eigenvalue weighted by molar-refractivity contribution is 4.27. The van der Waals surface area contributed by atoms with E-state index in [1.807, 2.05) is 14.1 Å². The summed E-state index contributed by atoms with van der Waals surface area (Å²) in [4.78, 5) is 1.19. The second-order valence-electron chi connectivity index (χ2n) is 3.15. The molecule has 0 aliphatic rings. The summed E-state index contributed by atoms with van der Waals surface area (Å²) in [6.45, 7) is 5.75. The van der Waals surface area contributed by atoms with Gasteiger partial charge in [0.2, 0.25) is 0 Å². The lowest BCUT2D eigenvalue weighted by atomic mass is 10.5. The molecule has 0 fully saturated rings. The summed E-state index contributed by atoms with van der Waals surface area (Å²) >= 11 is 0. The topological polar surface area (TPSA) is 22.9 Å². The first kappa shape index (κ1) is 11.9. The Morgan fingerprint density at radius 1 is 1.00 bits per heavy atom. The first-order chi connectivity index (χ1) is 5.72. The Bertz CT molecular complexity index is 88.5. The maximum absolute atomic E-state index is 5.50. The molecule has 0 aliphatic heterocycles. The van der Waals surface area contributed by atoms with Crippen LogP contribution in [0, 0.1) is 0 Å².